The van der Waals surface area contributed by atoms with Gasteiger partial charge in [-0.15, -0.1) is 0 Å². The number of nitrogens with one attached hydrogen (secondary N) is 1. The highest BCUT2D eigenvalue weighted by Crippen LogP contribution is 2.34. The van der Waals surface area contributed by atoms with Crippen LogP contribution in [0.15, 0.2) is 71.6 Å². The Morgan fingerprint density at radius 1 is 1.03 bits per heavy atom. The summed E-state index contributed by atoms with van der Waals surface area (Å²) < 4.78 is 33.2. The van der Waals surface area contributed by atoms with E-state index in [2.05, 4.69) is 5.32 Å². The molecule has 1 aliphatic heterocycles. The van der Waals surface area contributed by atoms with Gasteiger partial charge in [0.1, 0.15) is 5.75 Å². The molecule has 0 fully saturated rings. The van der Waals surface area contributed by atoms with Crippen LogP contribution in [-0.2, 0) is 16.4 Å². The van der Waals surface area contributed by atoms with Crippen LogP contribution in [0.4, 0.5) is 11.4 Å². The highest BCUT2D eigenvalue weighted by molar-refractivity contribution is 7.92. The first kappa shape index (κ1) is 20.9. The number of aryl methyl sites for hydroxylation is 2. The SMILES string of the molecule is COc1ccc(S(=O)(=O)N2CCCc3ccc(NC(=O)c4cccc(C)c4)cc32)cc1. The van der Waals surface area contributed by atoms with Crippen molar-refractivity contribution < 1.29 is 17.9 Å². The van der Waals surface area contributed by atoms with Crippen LogP contribution in [0.1, 0.15) is 27.9 Å². The number of nitrogens with zero attached hydrogens (tertiary/aromatic N) is 1. The lowest BCUT2D eigenvalue weighted by Crippen LogP contribution is -2.35. The average molecular weight is 437 g/mol. The fraction of sp³-hybridized carbons (Fsp3) is 0.208. The van der Waals surface area contributed by atoms with Gasteiger partial charge in [-0.05, 0) is 73.9 Å². The highest BCUT2D eigenvalue weighted by Gasteiger charge is 2.29. The predicted molar refractivity (Wildman–Crippen MR) is 121 cm³/mol. The molecule has 31 heavy (non-hydrogen) atoms. The highest BCUT2D eigenvalue weighted by atomic mass is 32.2. The second-order valence-electron chi connectivity index (χ2n) is 7.52. The van der Waals surface area contributed by atoms with Gasteiger partial charge in [0.25, 0.3) is 15.9 Å². The number of carbonyl (C=O) groups excluding carboxylic acids is 1. The average Bonchev–Trinajstić information content (AvgIpc) is 2.78. The summed E-state index contributed by atoms with van der Waals surface area (Å²) in [5.41, 5.74) is 3.65. The first-order valence-electron chi connectivity index (χ1n) is 10.1. The van der Waals surface area contributed by atoms with E-state index < -0.39 is 10.0 Å². The fourth-order valence-electron chi connectivity index (χ4n) is 3.73. The molecule has 3 aromatic rings. The smallest absolute Gasteiger partial charge is 0.264 e. The molecule has 0 aliphatic carbocycles. The van der Waals surface area contributed by atoms with E-state index in [-0.39, 0.29) is 10.8 Å². The molecule has 0 atom stereocenters. The number of sulfonamides is 1. The molecule has 0 aromatic heterocycles. The molecule has 1 N–H and O–H groups in total. The van der Waals surface area contributed by atoms with Gasteiger partial charge in [-0.3, -0.25) is 9.10 Å². The van der Waals surface area contributed by atoms with Gasteiger partial charge in [-0.25, -0.2) is 8.42 Å². The zero-order valence-corrected chi connectivity index (χ0v) is 18.3. The van der Waals surface area contributed by atoms with Crippen LogP contribution in [0.2, 0.25) is 0 Å². The van der Waals surface area contributed by atoms with Crippen LogP contribution in [-0.4, -0.2) is 28.0 Å². The maximum Gasteiger partial charge on any atom is 0.264 e. The van der Waals surface area contributed by atoms with E-state index in [0.717, 1.165) is 24.0 Å². The molecule has 0 saturated heterocycles. The maximum absolute atomic E-state index is 13.3. The molecule has 1 aliphatic rings. The quantitative estimate of drug-likeness (QED) is 0.643. The minimum Gasteiger partial charge on any atom is -0.497 e. The Morgan fingerprint density at radius 3 is 2.52 bits per heavy atom. The van der Waals surface area contributed by atoms with Crippen molar-refractivity contribution in [3.05, 3.63) is 83.4 Å². The minimum absolute atomic E-state index is 0.204. The van der Waals surface area contributed by atoms with Crippen molar-refractivity contribution in [2.45, 2.75) is 24.7 Å². The van der Waals surface area contributed by atoms with E-state index >= 15 is 0 Å². The first-order valence-corrected chi connectivity index (χ1v) is 11.5. The first-order chi connectivity index (χ1) is 14.9. The number of fused-ring (bicyclic) bond motifs is 1. The van der Waals surface area contributed by atoms with Crippen LogP contribution in [0.5, 0.6) is 5.75 Å². The maximum atomic E-state index is 13.3. The molecular formula is C24H24N2O4S. The van der Waals surface area contributed by atoms with Gasteiger partial charge in [-0.1, -0.05) is 23.8 Å². The van der Waals surface area contributed by atoms with Gasteiger partial charge in [0.05, 0.1) is 17.7 Å². The molecular weight excluding hydrogens is 412 g/mol. The van der Waals surface area contributed by atoms with Crippen molar-refractivity contribution in [3.8, 4) is 5.75 Å². The Labute approximate surface area is 182 Å². The summed E-state index contributed by atoms with van der Waals surface area (Å²) in [6, 6.07) is 19.1. The number of hydrogen-bond donors (Lipinski definition) is 1. The summed E-state index contributed by atoms with van der Waals surface area (Å²) in [6.07, 6.45) is 1.52. The van der Waals surface area contributed by atoms with E-state index in [9.17, 15) is 13.2 Å². The van der Waals surface area contributed by atoms with Crippen LogP contribution >= 0.6 is 0 Å². The summed E-state index contributed by atoms with van der Waals surface area (Å²) in [5.74, 6) is 0.364. The number of methoxy groups -OCH3 is 1. The van der Waals surface area contributed by atoms with E-state index in [1.165, 1.54) is 11.4 Å². The standard InChI is InChI=1S/C24H24N2O4S/c1-17-5-3-6-19(15-17)24(27)25-20-9-8-18-7-4-14-26(23(18)16-20)31(28,29)22-12-10-21(30-2)11-13-22/h3,5-6,8-13,15-16H,4,7,14H2,1-2H3,(H,25,27). The van der Waals surface area contributed by atoms with E-state index in [1.807, 2.05) is 37.3 Å². The van der Waals surface area contributed by atoms with Crippen LogP contribution in [0.25, 0.3) is 0 Å². The topological polar surface area (TPSA) is 75.7 Å². The van der Waals surface area contributed by atoms with Crippen molar-refractivity contribution in [3.63, 3.8) is 0 Å². The van der Waals surface area contributed by atoms with E-state index in [4.69, 9.17) is 4.74 Å². The Balaban J connectivity index is 1.65. The molecule has 3 aromatic carbocycles. The number of carbonyl (C=O) groups is 1. The molecule has 7 heteroatoms. The van der Waals surface area contributed by atoms with Gasteiger partial charge in [0.15, 0.2) is 0 Å². The Hall–Kier alpha value is -3.32. The number of benzene rings is 3. The Bertz CT molecular complexity index is 1220. The number of amides is 1. The summed E-state index contributed by atoms with van der Waals surface area (Å²) in [7, 11) is -2.20. The molecule has 4 rings (SSSR count). The normalized spacial score (nSPS) is 13.4. The zero-order valence-electron chi connectivity index (χ0n) is 17.5. The van der Waals surface area contributed by atoms with Crippen molar-refractivity contribution in [2.24, 2.45) is 0 Å². The van der Waals surface area contributed by atoms with Crippen molar-refractivity contribution in [1.29, 1.82) is 0 Å². The molecule has 1 heterocycles. The van der Waals surface area contributed by atoms with Crippen molar-refractivity contribution in [2.75, 3.05) is 23.3 Å². The van der Waals surface area contributed by atoms with Gasteiger partial charge < -0.3 is 10.1 Å². The molecule has 0 radical (unpaired) electrons. The molecule has 0 spiro atoms. The predicted octanol–water partition coefficient (Wildman–Crippen LogP) is 4.40. The molecule has 0 bridgehead atoms. The van der Waals surface area contributed by atoms with Gasteiger partial charge >= 0.3 is 0 Å². The lowest BCUT2D eigenvalue weighted by Gasteiger charge is -2.31. The molecule has 0 saturated carbocycles. The molecule has 6 nitrogen and oxygen atoms in total. The Kier molecular flexibility index (Phi) is 5.69. The Morgan fingerprint density at radius 2 is 1.81 bits per heavy atom. The monoisotopic (exact) mass is 436 g/mol. The van der Waals surface area contributed by atoms with Gasteiger partial charge in [-0.2, -0.15) is 0 Å². The van der Waals surface area contributed by atoms with Crippen molar-refractivity contribution in [1.82, 2.24) is 0 Å². The third-order valence-corrected chi connectivity index (χ3v) is 7.17. The number of hydrogen-bond acceptors (Lipinski definition) is 4. The summed E-state index contributed by atoms with van der Waals surface area (Å²) in [5, 5.41) is 2.89. The second kappa shape index (κ2) is 8.43. The zero-order chi connectivity index (χ0) is 22.0. The number of anilines is 2. The number of rotatable bonds is 5. The summed E-state index contributed by atoms with van der Waals surface area (Å²) >= 11 is 0. The third kappa shape index (κ3) is 4.27. The fourth-order valence-corrected chi connectivity index (χ4v) is 5.27. The summed E-state index contributed by atoms with van der Waals surface area (Å²) in [6.45, 7) is 2.31. The van der Waals surface area contributed by atoms with E-state index in [1.54, 1.807) is 36.4 Å². The minimum atomic E-state index is -3.74. The molecule has 1 amide bonds. The molecule has 0 unspecified atom stereocenters. The van der Waals surface area contributed by atoms with Gasteiger partial charge in [0, 0.05) is 17.8 Å². The summed E-state index contributed by atoms with van der Waals surface area (Å²) in [4.78, 5) is 12.8. The lowest BCUT2D eigenvalue weighted by atomic mass is 10.0. The van der Waals surface area contributed by atoms with Gasteiger partial charge in [0.2, 0.25) is 0 Å². The van der Waals surface area contributed by atoms with Crippen LogP contribution in [0, 0.1) is 6.92 Å². The third-order valence-electron chi connectivity index (χ3n) is 5.35. The van der Waals surface area contributed by atoms with Crippen molar-refractivity contribution >= 4 is 27.3 Å². The second-order valence-corrected chi connectivity index (χ2v) is 9.39. The van der Waals surface area contributed by atoms with Crippen LogP contribution in [0.3, 0.4) is 0 Å². The van der Waals surface area contributed by atoms with E-state index in [0.29, 0.717) is 29.2 Å². The van der Waals surface area contributed by atoms with Crippen LogP contribution < -0.4 is 14.4 Å². The lowest BCUT2D eigenvalue weighted by molar-refractivity contribution is 0.102. The molecule has 160 valence electrons. The number of ether oxygens (including phenoxy) is 1. The largest absolute Gasteiger partial charge is 0.497 e.